The standard InChI is InChI=1S/C6H9BCl2NSi/c1-3-11(9,4-2)10-6-5-7-8/h3-6,10H,1-2H2. The minimum atomic E-state index is -2.15. The summed E-state index contributed by atoms with van der Waals surface area (Å²) in [5.74, 6) is 1.65. The zero-order valence-corrected chi connectivity index (χ0v) is 8.57. The summed E-state index contributed by atoms with van der Waals surface area (Å²) >= 11 is 11.3. The lowest BCUT2D eigenvalue weighted by atomic mass is 10.1. The maximum absolute atomic E-state index is 6.03. The highest BCUT2D eigenvalue weighted by Crippen LogP contribution is 2.06. The lowest BCUT2D eigenvalue weighted by Crippen LogP contribution is -2.38. The molecule has 0 aromatic heterocycles. The number of nitrogens with one attached hydrogen (secondary N) is 1. The van der Waals surface area contributed by atoms with E-state index in [0.29, 0.717) is 0 Å². The van der Waals surface area contributed by atoms with E-state index in [9.17, 15) is 0 Å². The summed E-state index contributed by atoms with van der Waals surface area (Å²) in [5, 5.41) is 0. The van der Waals surface area contributed by atoms with Crippen LogP contribution in [0.25, 0.3) is 0 Å². The Balaban J connectivity index is 3.97. The van der Waals surface area contributed by atoms with Crippen LogP contribution < -0.4 is 4.98 Å². The molecular weight excluding hydrogens is 196 g/mol. The van der Waals surface area contributed by atoms with Gasteiger partial charge in [-0.3, -0.25) is 0 Å². The lowest BCUT2D eigenvalue weighted by Gasteiger charge is -2.14. The Morgan fingerprint density at radius 3 is 2.27 bits per heavy atom. The van der Waals surface area contributed by atoms with E-state index in [1.165, 1.54) is 6.69 Å². The van der Waals surface area contributed by atoms with Gasteiger partial charge in [0.2, 0.25) is 0 Å². The Labute approximate surface area is 78.7 Å². The van der Waals surface area contributed by atoms with Crippen LogP contribution in [0.4, 0.5) is 0 Å². The molecule has 0 aliphatic rings. The fraction of sp³-hybridized carbons (Fsp3) is 0. The Kier molecular flexibility index (Phi) is 5.46. The molecule has 0 bridgehead atoms. The highest BCUT2D eigenvalue weighted by atomic mass is 35.6. The van der Waals surface area contributed by atoms with Crippen molar-refractivity contribution in [3.05, 3.63) is 36.7 Å². The molecule has 0 amide bonds. The van der Waals surface area contributed by atoms with Gasteiger partial charge in [-0.25, -0.2) is 0 Å². The Bertz CT molecular complexity index is 164. The summed E-state index contributed by atoms with van der Waals surface area (Å²) in [4.78, 5) is 2.97. The maximum Gasteiger partial charge on any atom is 0.301 e. The topological polar surface area (TPSA) is 12.0 Å². The van der Waals surface area contributed by atoms with Gasteiger partial charge in [-0.15, -0.1) is 24.2 Å². The van der Waals surface area contributed by atoms with Crippen LogP contribution in [-0.4, -0.2) is 14.2 Å². The molecule has 0 atom stereocenters. The third-order valence-corrected chi connectivity index (χ3v) is 4.26. The Morgan fingerprint density at radius 2 is 1.91 bits per heavy atom. The van der Waals surface area contributed by atoms with Crippen molar-refractivity contribution in [1.29, 1.82) is 0 Å². The molecule has 0 unspecified atom stereocenters. The normalized spacial score (nSPS) is 11.1. The van der Waals surface area contributed by atoms with Crippen LogP contribution in [0.5, 0.6) is 0 Å². The van der Waals surface area contributed by atoms with Gasteiger partial charge in [0, 0.05) is 0 Å². The van der Waals surface area contributed by atoms with Crippen LogP contribution in [0.2, 0.25) is 0 Å². The maximum atomic E-state index is 6.03. The molecule has 11 heavy (non-hydrogen) atoms. The second-order valence-electron chi connectivity index (χ2n) is 1.81. The van der Waals surface area contributed by atoms with Gasteiger partial charge < -0.3 is 4.98 Å². The van der Waals surface area contributed by atoms with E-state index >= 15 is 0 Å². The second kappa shape index (κ2) is 5.52. The van der Waals surface area contributed by atoms with Crippen molar-refractivity contribution < 1.29 is 0 Å². The van der Waals surface area contributed by atoms with Gasteiger partial charge in [0.25, 0.3) is 6.69 Å². The molecule has 1 N–H and O–H groups in total. The van der Waals surface area contributed by atoms with Crippen molar-refractivity contribution in [2.75, 3.05) is 0 Å². The zero-order chi connectivity index (χ0) is 8.74. The molecule has 0 spiro atoms. The van der Waals surface area contributed by atoms with Crippen LogP contribution in [0.1, 0.15) is 0 Å². The summed E-state index contributed by atoms with van der Waals surface area (Å²) in [7, 11) is -2.15. The van der Waals surface area contributed by atoms with E-state index in [1.807, 2.05) is 0 Å². The predicted molar refractivity (Wildman–Crippen MR) is 55.9 cm³/mol. The third kappa shape index (κ3) is 4.35. The number of halogens is 2. The smallest absolute Gasteiger partial charge is 0.301 e. The van der Waals surface area contributed by atoms with Crippen molar-refractivity contribution >= 4 is 36.8 Å². The summed E-state index contributed by atoms with van der Waals surface area (Å²) in [5.41, 5.74) is 3.36. The van der Waals surface area contributed by atoms with E-state index in [1.54, 1.807) is 23.6 Å². The van der Waals surface area contributed by atoms with Crippen molar-refractivity contribution in [1.82, 2.24) is 4.98 Å². The molecule has 0 heterocycles. The Hall–Kier alpha value is -0.118. The van der Waals surface area contributed by atoms with Gasteiger partial charge in [0.15, 0.2) is 0 Å². The fourth-order valence-corrected chi connectivity index (χ4v) is 1.43. The first-order valence-corrected chi connectivity index (χ1v) is 6.61. The predicted octanol–water partition coefficient (Wildman–Crippen LogP) is 2.04. The molecule has 1 radical (unpaired) electrons. The summed E-state index contributed by atoms with van der Waals surface area (Å²) in [6.07, 6.45) is 1.68. The lowest BCUT2D eigenvalue weighted by molar-refractivity contribution is 1.34. The van der Waals surface area contributed by atoms with E-state index in [0.717, 1.165) is 0 Å². The van der Waals surface area contributed by atoms with Crippen LogP contribution in [0, 0.1) is 0 Å². The number of hydrogen-bond donors (Lipinski definition) is 1. The van der Waals surface area contributed by atoms with Gasteiger partial charge in [0.05, 0.1) is 0 Å². The van der Waals surface area contributed by atoms with Gasteiger partial charge in [0.1, 0.15) is 0 Å². The van der Waals surface area contributed by atoms with Crippen molar-refractivity contribution in [2.24, 2.45) is 0 Å². The fourth-order valence-electron chi connectivity index (χ4n) is 0.413. The Morgan fingerprint density at radius 1 is 1.36 bits per heavy atom. The molecule has 0 saturated heterocycles. The first-order valence-electron chi connectivity index (χ1n) is 3.01. The first kappa shape index (κ1) is 10.9. The number of rotatable bonds is 5. The summed E-state index contributed by atoms with van der Waals surface area (Å²) in [6, 6.07) is 0. The van der Waals surface area contributed by atoms with E-state index in [4.69, 9.17) is 22.5 Å². The van der Waals surface area contributed by atoms with Crippen LogP contribution in [0.3, 0.4) is 0 Å². The minimum absolute atomic E-state index is 1.39. The zero-order valence-electron chi connectivity index (χ0n) is 6.06. The van der Waals surface area contributed by atoms with Crippen LogP contribution in [-0.2, 0) is 0 Å². The summed E-state index contributed by atoms with van der Waals surface area (Å²) in [6.45, 7) is 8.60. The van der Waals surface area contributed by atoms with Crippen molar-refractivity contribution in [3.63, 3.8) is 0 Å². The van der Waals surface area contributed by atoms with Crippen LogP contribution >= 0.6 is 22.5 Å². The van der Waals surface area contributed by atoms with Gasteiger partial charge in [-0.05, 0) is 6.20 Å². The third-order valence-electron chi connectivity index (χ3n) is 1.07. The molecule has 0 rings (SSSR count). The first-order chi connectivity index (χ1) is 5.18. The molecule has 0 saturated carbocycles. The highest BCUT2D eigenvalue weighted by molar-refractivity contribution is 7.24. The van der Waals surface area contributed by atoms with E-state index in [2.05, 4.69) is 18.1 Å². The minimum Gasteiger partial charge on any atom is -0.400 e. The van der Waals surface area contributed by atoms with Gasteiger partial charge in [-0.2, -0.15) is 11.5 Å². The van der Waals surface area contributed by atoms with E-state index < -0.39 is 7.55 Å². The monoisotopic (exact) mass is 204 g/mol. The number of hydrogen-bond acceptors (Lipinski definition) is 1. The van der Waals surface area contributed by atoms with Crippen LogP contribution in [0.15, 0.2) is 36.7 Å². The molecule has 59 valence electrons. The van der Waals surface area contributed by atoms with E-state index in [-0.39, 0.29) is 0 Å². The molecule has 0 aliphatic carbocycles. The van der Waals surface area contributed by atoms with Crippen molar-refractivity contribution in [3.8, 4) is 0 Å². The molecule has 1 nitrogen and oxygen atoms in total. The molecule has 0 fully saturated rings. The summed E-state index contributed by atoms with van der Waals surface area (Å²) < 4.78 is 0. The average molecular weight is 205 g/mol. The van der Waals surface area contributed by atoms with Gasteiger partial charge in [-0.1, -0.05) is 17.4 Å². The average Bonchev–Trinajstić information content (AvgIpc) is 2.05. The molecule has 0 aliphatic heterocycles. The largest absolute Gasteiger partial charge is 0.400 e. The molecule has 0 aromatic rings. The quantitative estimate of drug-likeness (QED) is 0.534. The molecular formula is C6H9BCl2NSi. The highest BCUT2D eigenvalue weighted by Gasteiger charge is 2.20. The second-order valence-corrected chi connectivity index (χ2v) is 6.58. The SMILES string of the molecule is C=C[Si](Cl)(C=C)NC=C[B]Cl. The molecule has 5 heteroatoms. The molecule has 0 aromatic carbocycles. The van der Waals surface area contributed by atoms with Gasteiger partial charge >= 0.3 is 7.55 Å². The van der Waals surface area contributed by atoms with Crippen molar-refractivity contribution in [2.45, 2.75) is 0 Å².